The molecule has 2 amide bonds. The standard InChI is InChI=1S/C24H37N3O3/c1-3-26(15-16-30-2)23(28)21-6-8-22(9-7-21)24(29)27-13-10-19(11-14-27)17-20-5-4-12-25-18-20/h6-9,19-20,25H,3-5,10-18H2,1-2H3. The summed E-state index contributed by atoms with van der Waals surface area (Å²) in [5.74, 6) is 1.61. The summed E-state index contributed by atoms with van der Waals surface area (Å²) >= 11 is 0. The van der Waals surface area contributed by atoms with E-state index in [9.17, 15) is 9.59 Å². The van der Waals surface area contributed by atoms with Crippen molar-refractivity contribution in [1.82, 2.24) is 15.1 Å². The van der Waals surface area contributed by atoms with E-state index in [0.717, 1.165) is 50.9 Å². The highest BCUT2D eigenvalue weighted by atomic mass is 16.5. The summed E-state index contributed by atoms with van der Waals surface area (Å²) in [5.41, 5.74) is 1.28. The third-order valence-corrected chi connectivity index (χ3v) is 6.58. The summed E-state index contributed by atoms with van der Waals surface area (Å²) in [5, 5.41) is 3.51. The fourth-order valence-corrected chi connectivity index (χ4v) is 4.69. The molecule has 2 heterocycles. The first-order valence-corrected chi connectivity index (χ1v) is 11.5. The molecule has 0 aromatic heterocycles. The Balaban J connectivity index is 1.50. The molecule has 2 aliphatic heterocycles. The van der Waals surface area contributed by atoms with Crippen molar-refractivity contribution in [3.05, 3.63) is 35.4 Å². The molecule has 6 nitrogen and oxygen atoms in total. The molecule has 2 fully saturated rings. The summed E-state index contributed by atoms with van der Waals surface area (Å²) in [4.78, 5) is 29.3. The molecule has 0 saturated carbocycles. The van der Waals surface area contributed by atoms with E-state index < -0.39 is 0 Å². The van der Waals surface area contributed by atoms with Crippen LogP contribution in [0.1, 0.15) is 59.7 Å². The second-order valence-electron chi connectivity index (χ2n) is 8.64. The molecule has 1 aromatic carbocycles. The van der Waals surface area contributed by atoms with E-state index in [-0.39, 0.29) is 11.8 Å². The van der Waals surface area contributed by atoms with Gasteiger partial charge in [-0.1, -0.05) is 0 Å². The number of nitrogens with zero attached hydrogens (tertiary/aromatic N) is 2. The summed E-state index contributed by atoms with van der Waals surface area (Å²) in [6.07, 6.45) is 6.14. The van der Waals surface area contributed by atoms with Gasteiger partial charge in [0.05, 0.1) is 6.61 Å². The lowest BCUT2D eigenvalue weighted by molar-refractivity contribution is 0.0672. The minimum absolute atomic E-state index is 0.0217. The second kappa shape index (κ2) is 11.5. The van der Waals surface area contributed by atoms with Gasteiger partial charge in [-0.25, -0.2) is 0 Å². The van der Waals surface area contributed by atoms with Gasteiger partial charge in [0.25, 0.3) is 11.8 Å². The molecule has 30 heavy (non-hydrogen) atoms. The van der Waals surface area contributed by atoms with Crippen molar-refractivity contribution >= 4 is 11.8 Å². The topological polar surface area (TPSA) is 61.9 Å². The summed E-state index contributed by atoms with van der Waals surface area (Å²) in [7, 11) is 1.63. The fraction of sp³-hybridized carbons (Fsp3) is 0.667. The summed E-state index contributed by atoms with van der Waals surface area (Å²) in [6, 6.07) is 7.13. The Morgan fingerprint density at radius 1 is 1.10 bits per heavy atom. The number of rotatable bonds is 8. The average Bonchev–Trinajstić information content (AvgIpc) is 2.80. The molecule has 6 heteroatoms. The van der Waals surface area contributed by atoms with Gasteiger partial charge >= 0.3 is 0 Å². The normalized spacial score (nSPS) is 20.2. The van der Waals surface area contributed by atoms with Crippen molar-refractivity contribution in [1.29, 1.82) is 0 Å². The smallest absolute Gasteiger partial charge is 0.253 e. The Hall–Kier alpha value is -1.92. The van der Waals surface area contributed by atoms with Gasteiger partial charge in [-0.15, -0.1) is 0 Å². The van der Waals surface area contributed by atoms with Crippen molar-refractivity contribution in [3.63, 3.8) is 0 Å². The third-order valence-electron chi connectivity index (χ3n) is 6.58. The molecule has 0 bridgehead atoms. The first-order chi connectivity index (χ1) is 14.6. The third kappa shape index (κ3) is 6.05. The molecule has 0 aliphatic carbocycles. The van der Waals surface area contributed by atoms with E-state index >= 15 is 0 Å². The monoisotopic (exact) mass is 415 g/mol. The van der Waals surface area contributed by atoms with Gasteiger partial charge in [0.15, 0.2) is 0 Å². The van der Waals surface area contributed by atoms with E-state index in [4.69, 9.17) is 4.74 Å². The fourth-order valence-electron chi connectivity index (χ4n) is 4.69. The van der Waals surface area contributed by atoms with Gasteiger partial charge < -0.3 is 19.9 Å². The van der Waals surface area contributed by atoms with Crippen molar-refractivity contribution < 1.29 is 14.3 Å². The lowest BCUT2D eigenvalue weighted by Crippen LogP contribution is -2.39. The van der Waals surface area contributed by atoms with Gasteiger partial charge in [0.2, 0.25) is 0 Å². The number of likely N-dealkylation sites (N-methyl/N-ethyl adjacent to an activating group) is 1. The number of carbonyl (C=O) groups excluding carboxylic acids is 2. The molecule has 1 N–H and O–H groups in total. The van der Waals surface area contributed by atoms with E-state index in [1.54, 1.807) is 36.3 Å². The van der Waals surface area contributed by atoms with Crippen LogP contribution in [0.15, 0.2) is 24.3 Å². The molecular formula is C24H37N3O3. The Bertz CT molecular complexity index is 677. The summed E-state index contributed by atoms with van der Waals surface area (Å²) < 4.78 is 5.08. The number of methoxy groups -OCH3 is 1. The van der Waals surface area contributed by atoms with Crippen LogP contribution in [0.2, 0.25) is 0 Å². The Morgan fingerprint density at radius 2 is 1.80 bits per heavy atom. The van der Waals surface area contributed by atoms with Crippen molar-refractivity contribution in [2.75, 3.05) is 53.0 Å². The molecule has 1 aromatic rings. The molecule has 3 rings (SSSR count). The van der Waals surface area contributed by atoms with Crippen LogP contribution < -0.4 is 5.32 Å². The maximum Gasteiger partial charge on any atom is 0.253 e. The molecule has 1 atom stereocenters. The van der Waals surface area contributed by atoms with E-state index in [1.807, 2.05) is 11.8 Å². The zero-order valence-corrected chi connectivity index (χ0v) is 18.6. The molecule has 166 valence electrons. The largest absolute Gasteiger partial charge is 0.383 e. The lowest BCUT2D eigenvalue weighted by atomic mass is 9.84. The Labute approximate surface area is 180 Å². The first-order valence-electron chi connectivity index (χ1n) is 11.5. The average molecular weight is 416 g/mol. The Kier molecular flexibility index (Phi) is 8.70. The van der Waals surface area contributed by atoms with E-state index in [2.05, 4.69) is 5.32 Å². The number of piperidine rings is 2. The number of amides is 2. The van der Waals surface area contributed by atoms with Crippen LogP contribution in [0.3, 0.4) is 0 Å². The van der Waals surface area contributed by atoms with E-state index in [1.165, 1.54) is 19.3 Å². The van der Waals surface area contributed by atoms with Crippen LogP contribution in [0.4, 0.5) is 0 Å². The number of hydrogen-bond donors (Lipinski definition) is 1. The second-order valence-corrected chi connectivity index (χ2v) is 8.64. The van der Waals surface area contributed by atoms with Crippen LogP contribution in [-0.2, 0) is 4.74 Å². The minimum Gasteiger partial charge on any atom is -0.383 e. The maximum atomic E-state index is 12.9. The van der Waals surface area contributed by atoms with Crippen LogP contribution in [0.25, 0.3) is 0 Å². The van der Waals surface area contributed by atoms with Gasteiger partial charge in [-0.3, -0.25) is 9.59 Å². The number of nitrogens with one attached hydrogen (secondary N) is 1. The molecule has 2 aliphatic rings. The van der Waals surface area contributed by atoms with E-state index in [0.29, 0.717) is 30.8 Å². The minimum atomic E-state index is -0.0217. The summed E-state index contributed by atoms with van der Waals surface area (Å²) in [6.45, 7) is 7.68. The van der Waals surface area contributed by atoms with Crippen molar-refractivity contribution in [2.24, 2.45) is 11.8 Å². The molecule has 0 spiro atoms. The number of carbonyl (C=O) groups is 2. The van der Waals surface area contributed by atoms with Gasteiger partial charge in [0, 0.05) is 44.4 Å². The van der Waals surface area contributed by atoms with Crippen LogP contribution >= 0.6 is 0 Å². The highest BCUT2D eigenvalue weighted by Crippen LogP contribution is 2.28. The van der Waals surface area contributed by atoms with Gasteiger partial charge in [-0.05, 0) is 88.2 Å². The van der Waals surface area contributed by atoms with Crippen LogP contribution in [0, 0.1) is 11.8 Å². The maximum absolute atomic E-state index is 12.9. The van der Waals surface area contributed by atoms with Gasteiger partial charge in [-0.2, -0.15) is 0 Å². The molecule has 0 radical (unpaired) electrons. The predicted octanol–water partition coefficient (Wildman–Crippen LogP) is 3.04. The quantitative estimate of drug-likeness (QED) is 0.709. The predicted molar refractivity (Wildman–Crippen MR) is 119 cm³/mol. The Morgan fingerprint density at radius 3 is 2.40 bits per heavy atom. The van der Waals surface area contributed by atoms with Crippen molar-refractivity contribution in [2.45, 2.75) is 39.0 Å². The van der Waals surface area contributed by atoms with Gasteiger partial charge in [0.1, 0.15) is 0 Å². The number of ether oxygens (including phenoxy) is 1. The lowest BCUT2D eigenvalue weighted by Gasteiger charge is -2.34. The molecule has 2 saturated heterocycles. The number of hydrogen-bond acceptors (Lipinski definition) is 4. The van der Waals surface area contributed by atoms with Crippen LogP contribution in [-0.4, -0.2) is 74.6 Å². The van der Waals surface area contributed by atoms with Crippen LogP contribution in [0.5, 0.6) is 0 Å². The highest BCUT2D eigenvalue weighted by Gasteiger charge is 2.26. The number of likely N-dealkylation sites (tertiary alicyclic amines) is 1. The SMILES string of the molecule is CCN(CCOC)C(=O)c1ccc(C(=O)N2CCC(CC3CCCNC3)CC2)cc1. The zero-order valence-electron chi connectivity index (χ0n) is 18.6. The zero-order chi connectivity index (χ0) is 21.3. The highest BCUT2D eigenvalue weighted by molar-refractivity contribution is 5.97. The number of benzene rings is 1. The molecule has 1 unspecified atom stereocenters. The first kappa shape index (κ1) is 22.8. The van der Waals surface area contributed by atoms with Crippen molar-refractivity contribution in [3.8, 4) is 0 Å². The molecular weight excluding hydrogens is 378 g/mol.